The van der Waals surface area contributed by atoms with Gasteiger partial charge in [-0.3, -0.25) is 9.59 Å². The number of H-pyrrole nitrogens is 1. The van der Waals surface area contributed by atoms with E-state index in [1.54, 1.807) is 29.5 Å². The van der Waals surface area contributed by atoms with Crippen molar-refractivity contribution in [3.05, 3.63) is 31.2 Å². The van der Waals surface area contributed by atoms with Crippen LogP contribution < -0.4 is 5.56 Å². The number of esters is 1. The highest BCUT2D eigenvalue weighted by Crippen LogP contribution is 2.23. The second kappa shape index (κ2) is 6.08. The van der Waals surface area contributed by atoms with Crippen molar-refractivity contribution in [3.63, 3.8) is 0 Å². The van der Waals surface area contributed by atoms with Crippen LogP contribution >= 0.6 is 22.6 Å². The smallest absolute Gasteiger partial charge is 0.310 e. The summed E-state index contributed by atoms with van der Waals surface area (Å²) in [5, 5.41) is 0. The van der Waals surface area contributed by atoms with Gasteiger partial charge in [-0.05, 0) is 35.1 Å². The minimum atomic E-state index is -2.92. The number of nitrogens with one attached hydrogen (secondary N) is 1. The Labute approximate surface area is 110 Å². The zero-order valence-corrected chi connectivity index (χ0v) is 11.1. The predicted octanol–water partition coefficient (Wildman–Crippen LogP) is 2.02. The Balaban J connectivity index is 3.17. The maximum atomic E-state index is 12.7. The van der Waals surface area contributed by atoms with Gasteiger partial charge in [0, 0.05) is 9.77 Å². The third kappa shape index (κ3) is 3.48. The van der Waals surface area contributed by atoms with E-state index in [4.69, 9.17) is 0 Å². The van der Waals surface area contributed by atoms with E-state index in [9.17, 15) is 18.4 Å². The molecule has 4 nitrogen and oxygen atoms in total. The average Bonchev–Trinajstić information content (AvgIpc) is 2.23. The third-order valence-electron chi connectivity index (χ3n) is 2.03. The average molecular weight is 357 g/mol. The second-order valence-electron chi connectivity index (χ2n) is 3.14. The van der Waals surface area contributed by atoms with Gasteiger partial charge in [0.25, 0.3) is 12.0 Å². The predicted molar refractivity (Wildman–Crippen MR) is 65.1 cm³/mol. The first-order valence-corrected chi connectivity index (χ1v) is 5.89. The number of carbonyl (C=O) groups is 1. The van der Waals surface area contributed by atoms with Crippen LogP contribution in [0.15, 0.2) is 11.0 Å². The van der Waals surface area contributed by atoms with Crippen molar-refractivity contribution in [3.8, 4) is 0 Å². The van der Waals surface area contributed by atoms with E-state index in [-0.39, 0.29) is 18.6 Å². The number of halogens is 3. The van der Waals surface area contributed by atoms with Gasteiger partial charge in [-0.1, -0.05) is 0 Å². The normalized spacial score (nSPS) is 10.6. The number of hydrogen-bond donors (Lipinski definition) is 1. The number of rotatable bonds is 4. The zero-order valence-electron chi connectivity index (χ0n) is 8.93. The van der Waals surface area contributed by atoms with Crippen LogP contribution in [0.1, 0.15) is 24.5 Å². The molecule has 0 atom stereocenters. The molecule has 0 unspecified atom stereocenters. The summed E-state index contributed by atoms with van der Waals surface area (Å²) in [6, 6.07) is 0. The fourth-order valence-electron chi connectivity index (χ4n) is 1.33. The Morgan fingerprint density at radius 3 is 2.76 bits per heavy atom. The molecule has 0 amide bonds. The zero-order chi connectivity index (χ0) is 13.0. The first-order valence-electron chi connectivity index (χ1n) is 4.81. The van der Waals surface area contributed by atoms with Gasteiger partial charge in [0.15, 0.2) is 0 Å². The van der Waals surface area contributed by atoms with Crippen LogP contribution in [0, 0.1) is 3.57 Å². The van der Waals surface area contributed by atoms with Crippen LogP contribution in [0.2, 0.25) is 0 Å². The fraction of sp³-hybridized carbons (Fsp3) is 0.400. The van der Waals surface area contributed by atoms with Crippen molar-refractivity contribution in [1.29, 1.82) is 0 Å². The number of aromatic nitrogens is 1. The number of hydrogen-bond acceptors (Lipinski definition) is 3. The van der Waals surface area contributed by atoms with Crippen LogP contribution in [-0.2, 0) is 16.0 Å². The van der Waals surface area contributed by atoms with Crippen LogP contribution in [0.5, 0.6) is 0 Å². The van der Waals surface area contributed by atoms with E-state index in [1.165, 1.54) is 6.20 Å². The molecule has 0 bridgehead atoms. The molecular weight excluding hydrogens is 347 g/mol. The van der Waals surface area contributed by atoms with Gasteiger partial charge in [0.05, 0.1) is 18.6 Å². The van der Waals surface area contributed by atoms with E-state index in [2.05, 4.69) is 9.72 Å². The molecule has 1 rings (SSSR count). The Hall–Kier alpha value is -0.990. The number of ether oxygens (including phenoxy) is 1. The lowest BCUT2D eigenvalue weighted by Crippen LogP contribution is -2.20. The molecule has 17 heavy (non-hydrogen) atoms. The fourth-order valence-corrected chi connectivity index (χ4v) is 1.96. The number of pyridine rings is 1. The van der Waals surface area contributed by atoms with Crippen LogP contribution in [0.3, 0.4) is 0 Å². The van der Waals surface area contributed by atoms with Gasteiger partial charge in [0.1, 0.15) is 0 Å². The van der Waals surface area contributed by atoms with E-state index in [0.717, 1.165) is 0 Å². The van der Waals surface area contributed by atoms with Crippen molar-refractivity contribution < 1.29 is 18.3 Å². The van der Waals surface area contributed by atoms with Crippen molar-refractivity contribution in [1.82, 2.24) is 4.98 Å². The first kappa shape index (κ1) is 14.1. The summed E-state index contributed by atoms with van der Waals surface area (Å²) in [5.74, 6) is -0.627. The van der Waals surface area contributed by atoms with Gasteiger partial charge >= 0.3 is 5.97 Å². The molecule has 7 heteroatoms. The molecule has 0 aliphatic carbocycles. The maximum Gasteiger partial charge on any atom is 0.310 e. The number of aromatic amines is 1. The molecule has 0 saturated carbocycles. The topological polar surface area (TPSA) is 59.2 Å². The molecule has 1 N–H and O–H groups in total. The molecule has 94 valence electrons. The molecule has 0 saturated heterocycles. The van der Waals surface area contributed by atoms with Crippen LogP contribution in [0.25, 0.3) is 0 Å². The summed E-state index contributed by atoms with van der Waals surface area (Å²) in [6.07, 6.45) is -1.95. The Morgan fingerprint density at radius 2 is 2.24 bits per heavy atom. The monoisotopic (exact) mass is 357 g/mol. The second-order valence-corrected chi connectivity index (χ2v) is 4.30. The Bertz CT molecular complexity index is 473. The number of alkyl halides is 2. The molecular formula is C10H10F2INO3. The van der Waals surface area contributed by atoms with Crippen molar-refractivity contribution in [2.75, 3.05) is 6.61 Å². The summed E-state index contributed by atoms with van der Waals surface area (Å²) < 4.78 is 30.5. The summed E-state index contributed by atoms with van der Waals surface area (Å²) in [6.45, 7) is 1.79. The van der Waals surface area contributed by atoms with E-state index in [0.29, 0.717) is 3.57 Å². The molecule has 0 spiro atoms. The molecule has 1 heterocycles. The maximum absolute atomic E-state index is 12.7. The molecule has 1 aromatic heterocycles. The summed E-state index contributed by atoms with van der Waals surface area (Å²) in [4.78, 5) is 24.8. The van der Waals surface area contributed by atoms with Crippen molar-refractivity contribution in [2.24, 2.45) is 0 Å². The minimum Gasteiger partial charge on any atom is -0.466 e. The molecule has 0 aromatic carbocycles. The number of carbonyl (C=O) groups excluding carboxylic acids is 1. The highest BCUT2D eigenvalue weighted by Gasteiger charge is 2.22. The standard InChI is InChI=1S/C10H10F2INO3/c1-2-17-7(15)3-5-6(13)4-14-10(16)8(5)9(11)12/h4,9H,2-3H2,1H3,(H,14,16). The molecule has 0 radical (unpaired) electrons. The Kier molecular flexibility index (Phi) is 5.03. The van der Waals surface area contributed by atoms with Gasteiger partial charge in [0.2, 0.25) is 0 Å². The minimum absolute atomic E-state index is 0.0304. The molecule has 1 aromatic rings. The summed E-state index contributed by atoms with van der Waals surface area (Å²) in [7, 11) is 0. The summed E-state index contributed by atoms with van der Waals surface area (Å²) >= 11 is 1.79. The van der Waals surface area contributed by atoms with Gasteiger partial charge in [-0.2, -0.15) is 0 Å². The van der Waals surface area contributed by atoms with Crippen LogP contribution in [-0.4, -0.2) is 17.6 Å². The van der Waals surface area contributed by atoms with Gasteiger partial charge in [-0.25, -0.2) is 8.78 Å². The largest absolute Gasteiger partial charge is 0.466 e. The van der Waals surface area contributed by atoms with Gasteiger partial charge < -0.3 is 9.72 Å². The lowest BCUT2D eigenvalue weighted by molar-refractivity contribution is -0.142. The Morgan fingerprint density at radius 1 is 1.59 bits per heavy atom. The van der Waals surface area contributed by atoms with E-state index in [1.807, 2.05) is 0 Å². The van der Waals surface area contributed by atoms with Crippen LogP contribution in [0.4, 0.5) is 8.78 Å². The van der Waals surface area contributed by atoms with E-state index >= 15 is 0 Å². The third-order valence-corrected chi connectivity index (χ3v) is 3.00. The van der Waals surface area contributed by atoms with E-state index < -0.39 is 23.5 Å². The quantitative estimate of drug-likeness (QED) is 0.663. The van der Waals surface area contributed by atoms with Crippen molar-refractivity contribution >= 4 is 28.6 Å². The highest BCUT2D eigenvalue weighted by molar-refractivity contribution is 14.1. The lowest BCUT2D eigenvalue weighted by atomic mass is 10.1. The highest BCUT2D eigenvalue weighted by atomic mass is 127. The SMILES string of the molecule is CCOC(=O)Cc1c(I)c[nH]c(=O)c1C(F)F. The summed E-state index contributed by atoms with van der Waals surface area (Å²) in [5.41, 5.74) is -1.51. The lowest BCUT2D eigenvalue weighted by Gasteiger charge is -2.09. The molecule has 0 fully saturated rings. The van der Waals surface area contributed by atoms with Crippen molar-refractivity contribution in [2.45, 2.75) is 19.8 Å². The molecule has 0 aliphatic heterocycles. The first-order chi connectivity index (χ1) is 7.97. The van der Waals surface area contributed by atoms with Gasteiger partial charge in [-0.15, -0.1) is 0 Å². The molecule has 0 aliphatic rings.